The zero-order chi connectivity index (χ0) is 14.3. The number of ether oxygens (including phenoxy) is 1. The van der Waals surface area contributed by atoms with Crippen LogP contribution in [0.2, 0.25) is 5.02 Å². The molecule has 1 atom stereocenters. The highest BCUT2D eigenvalue weighted by molar-refractivity contribution is 6.30. The minimum Gasteiger partial charge on any atom is -0.492 e. The van der Waals surface area contributed by atoms with Crippen LogP contribution in [-0.2, 0) is 0 Å². The normalized spacial score (nSPS) is 13.3. The van der Waals surface area contributed by atoms with Crippen molar-refractivity contribution in [3.05, 3.63) is 29.3 Å². The third-order valence-electron chi connectivity index (χ3n) is 2.69. The van der Waals surface area contributed by atoms with Crippen molar-refractivity contribution in [1.29, 1.82) is 0 Å². The number of benzene rings is 1. The second-order valence-corrected chi connectivity index (χ2v) is 4.69. The fourth-order valence-corrected chi connectivity index (χ4v) is 1.71. The summed E-state index contributed by atoms with van der Waals surface area (Å²) in [6.07, 6.45) is -4.33. The zero-order valence-corrected chi connectivity index (χ0v) is 11.4. The highest BCUT2D eigenvalue weighted by Gasteiger charge is 2.26. The van der Waals surface area contributed by atoms with E-state index < -0.39 is 12.6 Å². The minimum atomic E-state index is -4.09. The van der Waals surface area contributed by atoms with E-state index in [0.29, 0.717) is 23.8 Å². The van der Waals surface area contributed by atoms with E-state index in [0.717, 1.165) is 0 Å². The number of halogens is 4. The van der Waals surface area contributed by atoms with E-state index in [9.17, 15) is 13.2 Å². The van der Waals surface area contributed by atoms with E-state index in [2.05, 4.69) is 5.32 Å². The summed E-state index contributed by atoms with van der Waals surface area (Å²) in [5, 5.41) is 3.57. The summed E-state index contributed by atoms with van der Waals surface area (Å²) in [7, 11) is 1.71. The van der Waals surface area contributed by atoms with Crippen LogP contribution in [0.25, 0.3) is 0 Å². The van der Waals surface area contributed by atoms with Gasteiger partial charge in [-0.05, 0) is 44.2 Å². The van der Waals surface area contributed by atoms with E-state index >= 15 is 0 Å². The van der Waals surface area contributed by atoms with Gasteiger partial charge in [0.15, 0.2) is 0 Å². The topological polar surface area (TPSA) is 21.3 Å². The zero-order valence-electron chi connectivity index (χ0n) is 10.6. The minimum absolute atomic E-state index is 0.0962. The fourth-order valence-electron chi connectivity index (χ4n) is 1.59. The van der Waals surface area contributed by atoms with Crippen LogP contribution in [0.5, 0.6) is 5.75 Å². The number of alkyl halides is 3. The number of hydrogen-bond acceptors (Lipinski definition) is 2. The molecule has 1 aromatic rings. The lowest BCUT2D eigenvalue weighted by atomic mass is 10.1. The van der Waals surface area contributed by atoms with E-state index in [-0.39, 0.29) is 12.5 Å². The van der Waals surface area contributed by atoms with Crippen molar-refractivity contribution >= 4 is 11.6 Å². The summed E-state index contributed by atoms with van der Waals surface area (Å²) >= 11 is 5.74. The number of nitrogens with one attached hydrogen (secondary N) is 1. The molecule has 0 radical (unpaired) electrons. The predicted molar refractivity (Wildman–Crippen MR) is 69.7 cm³/mol. The second-order valence-electron chi connectivity index (χ2n) is 4.26. The Hall–Kier alpha value is -0.940. The highest BCUT2D eigenvalue weighted by atomic mass is 35.5. The molecule has 0 aliphatic heterocycles. The molecular formula is C13H17ClF3NO. The molecule has 1 unspecified atom stereocenters. The van der Waals surface area contributed by atoms with Crippen LogP contribution in [0.1, 0.15) is 19.3 Å². The van der Waals surface area contributed by atoms with Crippen molar-refractivity contribution in [2.45, 2.75) is 31.5 Å². The molecule has 1 rings (SSSR count). The Morgan fingerprint density at radius 1 is 1.26 bits per heavy atom. The molecule has 19 heavy (non-hydrogen) atoms. The first-order chi connectivity index (χ1) is 8.90. The van der Waals surface area contributed by atoms with Crippen molar-refractivity contribution < 1.29 is 17.9 Å². The lowest BCUT2D eigenvalue weighted by Crippen LogP contribution is -2.32. The molecule has 0 aliphatic rings. The molecule has 1 aromatic carbocycles. The van der Waals surface area contributed by atoms with Gasteiger partial charge in [0.1, 0.15) is 12.4 Å². The van der Waals surface area contributed by atoms with Crippen LogP contribution in [0.15, 0.2) is 24.3 Å². The van der Waals surface area contributed by atoms with Crippen molar-refractivity contribution in [2.75, 3.05) is 13.7 Å². The van der Waals surface area contributed by atoms with Gasteiger partial charge in [0.05, 0.1) is 0 Å². The molecule has 6 heteroatoms. The Bertz CT molecular complexity index is 367. The molecule has 0 saturated carbocycles. The smallest absolute Gasteiger partial charge is 0.389 e. The van der Waals surface area contributed by atoms with Gasteiger partial charge in [-0.1, -0.05) is 11.6 Å². The Kier molecular flexibility index (Phi) is 6.45. The first-order valence-corrected chi connectivity index (χ1v) is 6.41. The summed E-state index contributed by atoms with van der Waals surface area (Å²) in [5.74, 6) is 0.653. The van der Waals surface area contributed by atoms with Crippen LogP contribution in [0, 0.1) is 0 Å². The molecule has 0 aromatic heterocycles. The summed E-state index contributed by atoms with van der Waals surface area (Å²) in [4.78, 5) is 0. The first kappa shape index (κ1) is 16.1. The molecule has 0 heterocycles. The standard InChI is InChI=1S/C13H17ClF3NO/c1-18-11(3-2-8-13(15,16)17)9-19-12-6-4-10(14)5-7-12/h4-7,11,18H,2-3,8-9H2,1H3. The van der Waals surface area contributed by atoms with Crippen LogP contribution in [0.4, 0.5) is 13.2 Å². The average Bonchev–Trinajstić information content (AvgIpc) is 2.34. The Morgan fingerprint density at radius 3 is 2.42 bits per heavy atom. The van der Waals surface area contributed by atoms with Crippen LogP contribution >= 0.6 is 11.6 Å². The van der Waals surface area contributed by atoms with Gasteiger partial charge in [-0.25, -0.2) is 0 Å². The maximum absolute atomic E-state index is 12.0. The number of likely N-dealkylation sites (N-methyl/N-ethyl adjacent to an activating group) is 1. The van der Waals surface area contributed by atoms with E-state index in [1.807, 2.05) is 0 Å². The Labute approximate surface area is 115 Å². The molecule has 0 saturated heterocycles. The quantitative estimate of drug-likeness (QED) is 0.820. The maximum Gasteiger partial charge on any atom is 0.389 e. The van der Waals surface area contributed by atoms with Crippen molar-refractivity contribution in [2.24, 2.45) is 0 Å². The Balaban J connectivity index is 2.30. The SMILES string of the molecule is CNC(CCCC(F)(F)F)COc1ccc(Cl)cc1. The summed E-state index contributed by atoms with van der Waals surface area (Å²) in [5.41, 5.74) is 0. The van der Waals surface area contributed by atoms with Gasteiger partial charge < -0.3 is 10.1 Å². The highest BCUT2D eigenvalue weighted by Crippen LogP contribution is 2.23. The Morgan fingerprint density at radius 2 is 1.89 bits per heavy atom. The van der Waals surface area contributed by atoms with Gasteiger partial charge in [-0.3, -0.25) is 0 Å². The third-order valence-corrected chi connectivity index (χ3v) is 2.94. The average molecular weight is 296 g/mol. The summed E-state index contributed by atoms with van der Waals surface area (Å²) in [6.45, 7) is 0.329. The van der Waals surface area contributed by atoms with Gasteiger partial charge in [-0.2, -0.15) is 13.2 Å². The lowest BCUT2D eigenvalue weighted by Gasteiger charge is -2.17. The molecule has 0 amide bonds. The first-order valence-electron chi connectivity index (χ1n) is 6.03. The van der Waals surface area contributed by atoms with Gasteiger partial charge in [0.2, 0.25) is 0 Å². The van der Waals surface area contributed by atoms with Gasteiger partial charge in [0.25, 0.3) is 0 Å². The van der Waals surface area contributed by atoms with Gasteiger partial charge in [-0.15, -0.1) is 0 Å². The second kappa shape index (κ2) is 7.60. The predicted octanol–water partition coefficient (Wildman–Crippen LogP) is 4.04. The largest absolute Gasteiger partial charge is 0.492 e. The van der Waals surface area contributed by atoms with Gasteiger partial charge >= 0.3 is 6.18 Å². The van der Waals surface area contributed by atoms with Crippen molar-refractivity contribution in [3.8, 4) is 5.75 Å². The third kappa shape index (κ3) is 7.28. The van der Waals surface area contributed by atoms with Crippen LogP contribution in [0.3, 0.4) is 0 Å². The van der Waals surface area contributed by atoms with Crippen LogP contribution < -0.4 is 10.1 Å². The van der Waals surface area contributed by atoms with Crippen molar-refractivity contribution in [1.82, 2.24) is 5.32 Å². The number of hydrogen-bond donors (Lipinski definition) is 1. The molecule has 108 valence electrons. The molecule has 0 bridgehead atoms. The van der Waals surface area contributed by atoms with E-state index in [4.69, 9.17) is 16.3 Å². The van der Waals surface area contributed by atoms with E-state index in [1.165, 1.54) is 0 Å². The summed E-state index contributed by atoms with van der Waals surface area (Å²) < 4.78 is 41.6. The fraction of sp³-hybridized carbons (Fsp3) is 0.538. The molecule has 1 N–H and O–H groups in total. The molecule has 2 nitrogen and oxygen atoms in total. The number of rotatable bonds is 7. The summed E-state index contributed by atoms with van der Waals surface area (Å²) in [6, 6.07) is 6.76. The van der Waals surface area contributed by atoms with E-state index in [1.54, 1.807) is 31.3 Å². The molecule has 0 aliphatic carbocycles. The molecule has 0 spiro atoms. The molecular weight excluding hydrogens is 279 g/mol. The monoisotopic (exact) mass is 295 g/mol. The van der Waals surface area contributed by atoms with Crippen molar-refractivity contribution in [3.63, 3.8) is 0 Å². The maximum atomic E-state index is 12.0. The lowest BCUT2D eigenvalue weighted by molar-refractivity contribution is -0.135. The van der Waals surface area contributed by atoms with Gasteiger partial charge in [0, 0.05) is 17.5 Å². The molecule has 0 fully saturated rings. The van der Waals surface area contributed by atoms with Crippen LogP contribution in [-0.4, -0.2) is 25.9 Å².